The zero-order valence-corrected chi connectivity index (χ0v) is 20.0. The van der Waals surface area contributed by atoms with E-state index in [0.717, 1.165) is 16.5 Å². The van der Waals surface area contributed by atoms with Gasteiger partial charge in [-0.15, -0.1) is 0 Å². The van der Waals surface area contributed by atoms with E-state index in [4.69, 9.17) is 9.15 Å². The van der Waals surface area contributed by atoms with E-state index in [-0.39, 0.29) is 17.6 Å². The molecule has 1 aliphatic rings. The number of anilines is 1. The Kier molecular flexibility index (Phi) is 6.93. The largest absolute Gasteiger partial charge is 0.492 e. The maximum Gasteiger partial charge on any atom is 0.291 e. The number of benzene rings is 2. The van der Waals surface area contributed by atoms with Crippen molar-refractivity contribution in [2.75, 3.05) is 11.9 Å². The van der Waals surface area contributed by atoms with Crippen LogP contribution in [0.25, 0.3) is 0 Å². The first-order chi connectivity index (χ1) is 16.0. The molecule has 2 aromatic carbocycles. The quantitative estimate of drug-likeness (QED) is 0.430. The standard InChI is InChI=1S/C25H24BrN3O4/c1-3-32-20-9-5-4-7-18(20)27-25(31)23-15(2)22-19(8-6-10-21(22)33-23)28-29-24(30)16-11-13-17(26)14-12-16/h4-5,7,9,11-14H,3,6,8,10H2,1-2H3,(H,27,31)(H,29,30)/b28-19+. The Bertz CT molecular complexity index is 1210. The normalized spacial score (nSPS) is 14.0. The van der Waals surface area contributed by atoms with Crippen LogP contribution in [0.2, 0.25) is 0 Å². The SMILES string of the molecule is CCOc1ccccc1NC(=O)c1oc2c(c1C)/C(=N/NC(=O)c1ccc(Br)cc1)CCC2. The van der Waals surface area contributed by atoms with Crippen LogP contribution in [0.3, 0.4) is 0 Å². The first-order valence-electron chi connectivity index (χ1n) is 10.8. The summed E-state index contributed by atoms with van der Waals surface area (Å²) in [6.45, 7) is 4.22. The van der Waals surface area contributed by atoms with Crippen molar-refractivity contribution in [2.45, 2.75) is 33.1 Å². The predicted molar refractivity (Wildman–Crippen MR) is 130 cm³/mol. The molecule has 2 amide bonds. The summed E-state index contributed by atoms with van der Waals surface area (Å²) in [5.74, 6) is 0.889. The summed E-state index contributed by atoms with van der Waals surface area (Å²) in [7, 11) is 0. The van der Waals surface area contributed by atoms with E-state index in [9.17, 15) is 9.59 Å². The van der Waals surface area contributed by atoms with Gasteiger partial charge in [-0.25, -0.2) is 5.43 Å². The summed E-state index contributed by atoms with van der Waals surface area (Å²) in [6, 6.07) is 14.3. The van der Waals surface area contributed by atoms with Gasteiger partial charge in [-0.05, 0) is 63.1 Å². The van der Waals surface area contributed by atoms with E-state index in [0.29, 0.717) is 53.5 Å². The van der Waals surface area contributed by atoms with Gasteiger partial charge in [0.05, 0.1) is 18.0 Å². The average Bonchev–Trinajstić information content (AvgIpc) is 3.16. The number of nitrogens with one attached hydrogen (secondary N) is 2. The number of rotatable bonds is 6. The number of halogens is 1. The zero-order chi connectivity index (χ0) is 23.4. The first-order valence-corrected chi connectivity index (χ1v) is 11.6. The molecule has 2 N–H and O–H groups in total. The lowest BCUT2D eigenvalue weighted by Crippen LogP contribution is -2.22. The number of furan rings is 1. The monoisotopic (exact) mass is 509 g/mol. The van der Waals surface area contributed by atoms with Crippen molar-refractivity contribution in [3.05, 3.63) is 81.2 Å². The second-order valence-electron chi connectivity index (χ2n) is 7.60. The molecule has 0 saturated carbocycles. The topological polar surface area (TPSA) is 92.9 Å². The van der Waals surface area contributed by atoms with Gasteiger partial charge in [0.2, 0.25) is 0 Å². The van der Waals surface area contributed by atoms with E-state index < -0.39 is 0 Å². The van der Waals surface area contributed by atoms with Gasteiger partial charge in [-0.3, -0.25) is 9.59 Å². The molecule has 7 nitrogen and oxygen atoms in total. The van der Waals surface area contributed by atoms with Crippen molar-refractivity contribution in [2.24, 2.45) is 5.10 Å². The van der Waals surface area contributed by atoms with Gasteiger partial charge in [-0.1, -0.05) is 28.1 Å². The van der Waals surface area contributed by atoms with E-state index in [2.05, 4.69) is 31.8 Å². The van der Waals surface area contributed by atoms with Crippen LogP contribution >= 0.6 is 15.9 Å². The molecule has 0 bridgehead atoms. The number of carbonyl (C=O) groups excluding carboxylic acids is 2. The van der Waals surface area contributed by atoms with Crippen molar-refractivity contribution in [3.8, 4) is 5.75 Å². The van der Waals surface area contributed by atoms with E-state index in [1.165, 1.54) is 0 Å². The third-order valence-corrected chi connectivity index (χ3v) is 5.89. The summed E-state index contributed by atoms with van der Waals surface area (Å²) in [5, 5.41) is 7.25. The second kappa shape index (κ2) is 10.0. The van der Waals surface area contributed by atoms with E-state index >= 15 is 0 Å². The summed E-state index contributed by atoms with van der Waals surface area (Å²) in [4.78, 5) is 25.5. The van der Waals surface area contributed by atoms with Crippen LogP contribution in [0.5, 0.6) is 5.75 Å². The smallest absolute Gasteiger partial charge is 0.291 e. The molecule has 1 heterocycles. The fraction of sp³-hybridized carbons (Fsp3) is 0.240. The van der Waals surface area contributed by atoms with Crippen molar-refractivity contribution < 1.29 is 18.7 Å². The third-order valence-electron chi connectivity index (χ3n) is 5.37. The summed E-state index contributed by atoms with van der Waals surface area (Å²) >= 11 is 3.36. The van der Waals surface area contributed by atoms with Gasteiger partial charge in [0.1, 0.15) is 11.5 Å². The molecular formula is C25H24BrN3O4. The van der Waals surface area contributed by atoms with Crippen LogP contribution < -0.4 is 15.5 Å². The van der Waals surface area contributed by atoms with Gasteiger partial charge >= 0.3 is 0 Å². The zero-order valence-electron chi connectivity index (χ0n) is 18.4. The van der Waals surface area contributed by atoms with Crippen LogP contribution in [0, 0.1) is 6.92 Å². The highest BCUT2D eigenvalue weighted by Crippen LogP contribution is 2.31. The Hall–Kier alpha value is -3.39. The maximum atomic E-state index is 13.0. The number of carbonyl (C=O) groups is 2. The summed E-state index contributed by atoms with van der Waals surface area (Å²) < 4.78 is 12.4. The van der Waals surface area contributed by atoms with Gasteiger partial charge in [0.15, 0.2) is 5.76 Å². The van der Waals surface area contributed by atoms with Crippen molar-refractivity contribution in [1.82, 2.24) is 5.43 Å². The first kappa shape index (κ1) is 22.8. The lowest BCUT2D eigenvalue weighted by molar-refractivity contribution is 0.0953. The number of ether oxygens (including phenoxy) is 1. The summed E-state index contributed by atoms with van der Waals surface area (Å²) in [6.07, 6.45) is 2.21. The van der Waals surface area contributed by atoms with Crippen LogP contribution in [0.4, 0.5) is 5.69 Å². The lowest BCUT2D eigenvalue weighted by Gasteiger charge is -2.13. The Labute approximate surface area is 200 Å². The highest BCUT2D eigenvalue weighted by atomic mass is 79.9. The average molecular weight is 510 g/mol. The fourth-order valence-electron chi connectivity index (χ4n) is 3.81. The molecule has 4 rings (SSSR count). The lowest BCUT2D eigenvalue weighted by atomic mass is 9.93. The number of fused-ring (bicyclic) bond motifs is 1. The molecule has 8 heteroatoms. The van der Waals surface area contributed by atoms with Gasteiger partial charge in [-0.2, -0.15) is 5.10 Å². The van der Waals surface area contributed by atoms with Crippen LogP contribution in [0.15, 0.2) is 62.5 Å². The van der Waals surface area contributed by atoms with E-state index in [1.54, 1.807) is 36.4 Å². The molecular weight excluding hydrogens is 486 g/mol. The Morgan fingerprint density at radius 1 is 1.09 bits per heavy atom. The molecule has 0 atom stereocenters. The van der Waals surface area contributed by atoms with Crippen molar-refractivity contribution >= 4 is 39.1 Å². The molecule has 0 fully saturated rings. The molecule has 0 spiro atoms. The van der Waals surface area contributed by atoms with Crippen molar-refractivity contribution in [1.29, 1.82) is 0 Å². The van der Waals surface area contributed by atoms with Gasteiger partial charge in [0.25, 0.3) is 11.8 Å². The van der Waals surface area contributed by atoms with Gasteiger partial charge in [0, 0.05) is 27.6 Å². The Morgan fingerprint density at radius 3 is 2.61 bits per heavy atom. The fourth-order valence-corrected chi connectivity index (χ4v) is 4.08. The highest BCUT2D eigenvalue weighted by molar-refractivity contribution is 9.10. The molecule has 0 unspecified atom stereocenters. The molecule has 0 radical (unpaired) electrons. The highest BCUT2D eigenvalue weighted by Gasteiger charge is 2.28. The van der Waals surface area contributed by atoms with Crippen LogP contribution in [-0.2, 0) is 6.42 Å². The Morgan fingerprint density at radius 2 is 1.85 bits per heavy atom. The molecule has 170 valence electrons. The molecule has 1 aliphatic carbocycles. The number of hydrazone groups is 1. The number of aryl methyl sites for hydroxylation is 1. The number of hydrogen-bond donors (Lipinski definition) is 2. The number of hydrogen-bond acceptors (Lipinski definition) is 5. The molecule has 1 aromatic heterocycles. The Balaban J connectivity index is 1.56. The number of para-hydroxylation sites is 2. The minimum absolute atomic E-state index is 0.236. The van der Waals surface area contributed by atoms with Crippen LogP contribution in [0.1, 0.15) is 57.6 Å². The third kappa shape index (κ3) is 5.01. The predicted octanol–water partition coefficient (Wildman–Crippen LogP) is 5.47. The van der Waals surface area contributed by atoms with Crippen LogP contribution in [-0.4, -0.2) is 24.1 Å². The molecule has 3 aromatic rings. The number of nitrogens with zero attached hydrogens (tertiary/aromatic N) is 1. The maximum absolute atomic E-state index is 13.0. The number of amides is 2. The van der Waals surface area contributed by atoms with E-state index in [1.807, 2.05) is 26.0 Å². The second-order valence-corrected chi connectivity index (χ2v) is 8.51. The molecule has 0 aliphatic heterocycles. The summed E-state index contributed by atoms with van der Waals surface area (Å²) in [5.41, 5.74) is 5.92. The van der Waals surface area contributed by atoms with Gasteiger partial charge < -0.3 is 14.5 Å². The molecule has 0 saturated heterocycles. The van der Waals surface area contributed by atoms with Crippen molar-refractivity contribution in [3.63, 3.8) is 0 Å². The molecule has 33 heavy (non-hydrogen) atoms. The minimum atomic E-state index is -0.354. The minimum Gasteiger partial charge on any atom is -0.492 e.